The third-order valence-corrected chi connectivity index (χ3v) is 2.76. The zero-order valence-corrected chi connectivity index (χ0v) is 13.0. The fourth-order valence-electron chi connectivity index (χ4n) is 1.58. The van der Waals surface area contributed by atoms with Crippen molar-refractivity contribution in [3.8, 4) is 17.2 Å². The summed E-state index contributed by atoms with van der Waals surface area (Å²) in [5, 5.41) is 8.88. The number of methoxy groups -OCH3 is 1. The van der Waals surface area contributed by atoms with E-state index in [2.05, 4.69) is 6.58 Å². The smallest absolute Gasteiger partial charge is 0.335 e. The maximum absolute atomic E-state index is 10.9. The van der Waals surface area contributed by atoms with E-state index in [0.717, 1.165) is 6.08 Å². The lowest BCUT2D eigenvalue weighted by Crippen LogP contribution is -2.04. The van der Waals surface area contributed by atoms with Crippen molar-refractivity contribution in [1.82, 2.24) is 0 Å². The van der Waals surface area contributed by atoms with Crippen LogP contribution in [0.1, 0.15) is 20.7 Å². The largest absolute Gasteiger partial charge is 0.507 e. The minimum absolute atomic E-state index is 0.0347. The Kier molecular flexibility index (Phi) is 7.44. The van der Waals surface area contributed by atoms with Crippen LogP contribution in [0.3, 0.4) is 0 Å². The fraction of sp³-hybridized carbons (Fsp3) is 0.0556. The Labute approximate surface area is 139 Å². The second-order valence-electron chi connectivity index (χ2n) is 4.33. The number of hydrogen-bond donors (Lipinski definition) is 1. The molecule has 6 nitrogen and oxygen atoms in total. The van der Waals surface area contributed by atoms with Crippen molar-refractivity contribution in [1.29, 1.82) is 0 Å². The van der Waals surface area contributed by atoms with Crippen LogP contribution in [0.4, 0.5) is 0 Å². The predicted octanol–water partition coefficient (Wildman–Crippen LogP) is 2.80. The van der Waals surface area contributed by atoms with Crippen LogP contribution in [0.5, 0.6) is 17.2 Å². The Morgan fingerprint density at radius 1 is 1.08 bits per heavy atom. The van der Waals surface area contributed by atoms with Gasteiger partial charge in [-0.15, -0.1) is 0 Å². The highest BCUT2D eigenvalue weighted by Gasteiger charge is 2.08. The van der Waals surface area contributed by atoms with Crippen LogP contribution < -0.4 is 9.47 Å². The Hall–Kier alpha value is -3.41. The predicted molar refractivity (Wildman–Crippen MR) is 87.7 cm³/mol. The third kappa shape index (κ3) is 5.42. The number of esters is 1. The Bertz CT molecular complexity index is 736. The molecule has 0 saturated heterocycles. The summed E-state index contributed by atoms with van der Waals surface area (Å²) in [4.78, 5) is 31.5. The lowest BCUT2D eigenvalue weighted by molar-refractivity contribution is -0.129. The standard InChI is InChI=1S/C11H10O4.C7H6O2/c1-3-11(13)15-9-5-4-8(7-12)6-10(9)14-2;8-5-6-3-1-2-4-7(6)9/h3-7H,1H2,2H3;1-5,9H. The summed E-state index contributed by atoms with van der Waals surface area (Å²) in [5.74, 6) is 0.0439. The van der Waals surface area contributed by atoms with E-state index in [4.69, 9.17) is 14.6 Å². The molecular formula is C18H16O6. The van der Waals surface area contributed by atoms with Gasteiger partial charge in [-0.3, -0.25) is 9.59 Å². The second-order valence-corrected chi connectivity index (χ2v) is 4.33. The van der Waals surface area contributed by atoms with E-state index in [-0.39, 0.29) is 11.5 Å². The number of hydrogen-bond acceptors (Lipinski definition) is 6. The van der Waals surface area contributed by atoms with Gasteiger partial charge in [-0.25, -0.2) is 4.79 Å². The summed E-state index contributed by atoms with van der Waals surface area (Å²) in [5.41, 5.74) is 0.780. The van der Waals surface area contributed by atoms with Gasteiger partial charge in [-0.05, 0) is 30.3 Å². The summed E-state index contributed by atoms with van der Waals surface area (Å²) in [6, 6.07) is 10.9. The van der Waals surface area contributed by atoms with Crippen molar-refractivity contribution in [3.05, 3.63) is 66.2 Å². The summed E-state index contributed by atoms with van der Waals surface area (Å²) in [7, 11) is 1.43. The van der Waals surface area contributed by atoms with Gasteiger partial charge in [-0.1, -0.05) is 18.7 Å². The molecule has 0 aliphatic heterocycles. The van der Waals surface area contributed by atoms with Crippen molar-refractivity contribution in [2.24, 2.45) is 0 Å². The maximum atomic E-state index is 10.9. The molecule has 2 aromatic carbocycles. The molecule has 0 aliphatic carbocycles. The molecule has 1 N–H and O–H groups in total. The summed E-state index contributed by atoms with van der Waals surface area (Å²) in [6.45, 7) is 3.27. The van der Waals surface area contributed by atoms with Crippen LogP contribution >= 0.6 is 0 Å². The molecule has 0 bridgehead atoms. The fourth-order valence-corrected chi connectivity index (χ4v) is 1.58. The van der Waals surface area contributed by atoms with Gasteiger partial charge < -0.3 is 14.6 Å². The van der Waals surface area contributed by atoms with Gasteiger partial charge >= 0.3 is 5.97 Å². The molecule has 6 heteroatoms. The first kappa shape index (κ1) is 18.6. The van der Waals surface area contributed by atoms with Crippen molar-refractivity contribution in [2.75, 3.05) is 7.11 Å². The lowest BCUT2D eigenvalue weighted by atomic mass is 10.2. The minimum atomic E-state index is -0.577. The van der Waals surface area contributed by atoms with Gasteiger partial charge in [0.1, 0.15) is 12.0 Å². The zero-order valence-electron chi connectivity index (χ0n) is 13.0. The van der Waals surface area contributed by atoms with Crippen LogP contribution in [0, 0.1) is 0 Å². The SMILES string of the molecule is C=CC(=O)Oc1ccc(C=O)cc1OC.O=Cc1ccccc1O. The second kappa shape index (κ2) is 9.58. The number of carbonyl (C=O) groups excluding carboxylic acids is 3. The van der Waals surface area contributed by atoms with E-state index in [1.807, 2.05) is 0 Å². The molecule has 0 aromatic heterocycles. The monoisotopic (exact) mass is 328 g/mol. The number of aromatic hydroxyl groups is 1. The normalized spacial score (nSPS) is 9.04. The molecule has 0 amide bonds. The van der Waals surface area contributed by atoms with Crippen LogP contribution in [-0.4, -0.2) is 30.8 Å². The van der Waals surface area contributed by atoms with Crippen LogP contribution in [-0.2, 0) is 4.79 Å². The van der Waals surface area contributed by atoms with Gasteiger partial charge in [0.2, 0.25) is 0 Å². The van der Waals surface area contributed by atoms with E-state index < -0.39 is 5.97 Å². The number of rotatable bonds is 5. The average molecular weight is 328 g/mol. The number of aldehydes is 2. The highest BCUT2D eigenvalue weighted by Crippen LogP contribution is 2.27. The van der Waals surface area contributed by atoms with Crippen molar-refractivity contribution in [2.45, 2.75) is 0 Å². The summed E-state index contributed by atoms with van der Waals surface area (Å²) < 4.78 is 9.85. The summed E-state index contributed by atoms with van der Waals surface area (Å²) >= 11 is 0. The number of carbonyl (C=O) groups is 3. The molecule has 0 saturated carbocycles. The van der Waals surface area contributed by atoms with E-state index in [1.165, 1.54) is 31.4 Å². The molecule has 0 heterocycles. The molecule has 0 aliphatic rings. The Morgan fingerprint density at radius 2 is 1.79 bits per heavy atom. The quantitative estimate of drug-likeness (QED) is 0.393. The molecule has 0 radical (unpaired) electrons. The molecule has 0 spiro atoms. The maximum Gasteiger partial charge on any atom is 0.335 e. The first-order valence-electron chi connectivity index (χ1n) is 6.76. The highest BCUT2D eigenvalue weighted by molar-refractivity contribution is 5.84. The topological polar surface area (TPSA) is 89.9 Å². The number of benzene rings is 2. The molecule has 0 unspecified atom stereocenters. The van der Waals surface area contributed by atoms with Crippen LogP contribution in [0.2, 0.25) is 0 Å². The molecule has 0 fully saturated rings. The van der Waals surface area contributed by atoms with E-state index in [1.54, 1.807) is 18.2 Å². The third-order valence-electron chi connectivity index (χ3n) is 2.76. The molecule has 2 aromatic rings. The highest BCUT2D eigenvalue weighted by atomic mass is 16.6. The van der Waals surface area contributed by atoms with E-state index >= 15 is 0 Å². The summed E-state index contributed by atoms with van der Waals surface area (Å²) in [6.07, 6.45) is 2.35. The first-order valence-corrected chi connectivity index (χ1v) is 6.76. The van der Waals surface area contributed by atoms with Gasteiger partial charge in [0.15, 0.2) is 17.8 Å². The van der Waals surface area contributed by atoms with Crippen LogP contribution in [0.15, 0.2) is 55.1 Å². The Morgan fingerprint density at radius 3 is 2.29 bits per heavy atom. The molecular weight excluding hydrogens is 312 g/mol. The van der Waals surface area contributed by atoms with Gasteiger partial charge in [-0.2, -0.15) is 0 Å². The Balaban J connectivity index is 0.000000272. The van der Waals surface area contributed by atoms with Crippen molar-refractivity contribution < 1.29 is 29.0 Å². The molecule has 124 valence electrons. The lowest BCUT2D eigenvalue weighted by Gasteiger charge is -2.07. The van der Waals surface area contributed by atoms with Crippen LogP contribution in [0.25, 0.3) is 0 Å². The average Bonchev–Trinajstić information content (AvgIpc) is 2.62. The molecule has 2 rings (SSSR count). The van der Waals surface area contributed by atoms with E-state index in [9.17, 15) is 14.4 Å². The number of ether oxygens (including phenoxy) is 2. The minimum Gasteiger partial charge on any atom is -0.507 e. The van der Waals surface area contributed by atoms with E-state index in [0.29, 0.717) is 29.4 Å². The molecule has 24 heavy (non-hydrogen) atoms. The number of phenolic OH excluding ortho intramolecular Hbond substituents is 1. The number of phenols is 1. The van der Waals surface area contributed by atoms with Gasteiger partial charge in [0, 0.05) is 11.6 Å². The number of para-hydroxylation sites is 1. The van der Waals surface area contributed by atoms with Crippen molar-refractivity contribution in [3.63, 3.8) is 0 Å². The van der Waals surface area contributed by atoms with Gasteiger partial charge in [0.05, 0.1) is 12.7 Å². The van der Waals surface area contributed by atoms with Crippen molar-refractivity contribution >= 4 is 18.5 Å². The first-order chi connectivity index (χ1) is 11.5. The zero-order chi connectivity index (χ0) is 17.9. The molecule has 0 atom stereocenters. The van der Waals surface area contributed by atoms with Gasteiger partial charge in [0.25, 0.3) is 0 Å².